The van der Waals surface area contributed by atoms with Crippen LogP contribution in [0.15, 0.2) is 55.0 Å². The van der Waals surface area contributed by atoms with Crippen molar-refractivity contribution in [2.24, 2.45) is 0 Å². The first-order valence-electron chi connectivity index (χ1n) is 10.8. The van der Waals surface area contributed by atoms with Crippen molar-refractivity contribution in [3.05, 3.63) is 66.4 Å². The summed E-state index contributed by atoms with van der Waals surface area (Å²) in [5, 5.41) is 0.995. The van der Waals surface area contributed by atoms with Gasteiger partial charge < -0.3 is 19.4 Å². The second-order valence-electron chi connectivity index (χ2n) is 8.07. The fraction of sp³-hybridized carbons (Fsp3) is 0.200. The number of nitrogens with one attached hydrogen (secondary N) is 1. The molecule has 33 heavy (non-hydrogen) atoms. The van der Waals surface area contributed by atoms with E-state index in [9.17, 15) is 0 Å². The second kappa shape index (κ2) is 7.74. The van der Waals surface area contributed by atoms with E-state index in [2.05, 4.69) is 43.0 Å². The highest BCUT2D eigenvalue weighted by atomic mass is 16.5. The fourth-order valence-electron chi connectivity index (χ4n) is 4.32. The topological polar surface area (TPSA) is 89.0 Å². The smallest absolute Gasteiger partial charge is 0.177 e. The molecule has 0 saturated heterocycles. The Morgan fingerprint density at radius 1 is 1.03 bits per heavy atom. The summed E-state index contributed by atoms with van der Waals surface area (Å²) in [6.07, 6.45) is 3.52. The number of fused-ring (bicyclic) bond motifs is 3. The van der Waals surface area contributed by atoms with Gasteiger partial charge in [0.1, 0.15) is 29.7 Å². The van der Waals surface area contributed by atoms with Crippen molar-refractivity contribution < 1.29 is 9.47 Å². The molecule has 3 aromatic heterocycles. The number of aromatic amines is 1. The molecule has 0 radical (unpaired) electrons. The number of nitrogens with zero attached hydrogens (tertiary/aromatic N) is 5. The lowest BCUT2D eigenvalue weighted by molar-refractivity contribution is 0.331. The minimum atomic E-state index is 0.578. The number of imidazole rings is 1. The minimum Gasteiger partial charge on any atom is -0.497 e. The average Bonchev–Trinajstić information content (AvgIpc) is 3.20. The second-order valence-corrected chi connectivity index (χ2v) is 8.07. The zero-order valence-corrected chi connectivity index (χ0v) is 18.4. The van der Waals surface area contributed by atoms with E-state index in [1.165, 1.54) is 0 Å². The first-order chi connectivity index (χ1) is 16.2. The molecule has 164 valence electrons. The minimum absolute atomic E-state index is 0.578. The number of ether oxygens (including phenoxy) is 2. The van der Waals surface area contributed by atoms with Crippen LogP contribution in [0, 0.1) is 6.92 Å². The first-order valence-corrected chi connectivity index (χ1v) is 10.8. The molecule has 0 spiro atoms. The normalized spacial score (nSPS) is 13.6. The number of H-pyrrole nitrogens is 1. The van der Waals surface area contributed by atoms with Crippen molar-refractivity contribution in [1.29, 1.82) is 0 Å². The van der Waals surface area contributed by atoms with E-state index in [-0.39, 0.29) is 0 Å². The van der Waals surface area contributed by atoms with Gasteiger partial charge in [0.25, 0.3) is 0 Å². The van der Waals surface area contributed by atoms with Crippen LogP contribution in [0.5, 0.6) is 11.5 Å². The first kappa shape index (κ1) is 19.5. The molecular formula is C25H22N6O2. The lowest BCUT2D eigenvalue weighted by Gasteiger charge is -2.23. The van der Waals surface area contributed by atoms with Gasteiger partial charge in [0, 0.05) is 35.3 Å². The third-order valence-corrected chi connectivity index (χ3v) is 5.94. The number of aromatic nitrogens is 5. The number of rotatable bonds is 3. The van der Waals surface area contributed by atoms with Crippen molar-refractivity contribution in [2.75, 3.05) is 25.2 Å². The predicted octanol–water partition coefficient (Wildman–Crippen LogP) is 4.28. The lowest BCUT2D eigenvalue weighted by atomic mass is 10.0. The van der Waals surface area contributed by atoms with Crippen LogP contribution < -0.4 is 14.4 Å². The van der Waals surface area contributed by atoms with E-state index in [0.29, 0.717) is 18.8 Å². The van der Waals surface area contributed by atoms with E-state index in [1.807, 2.05) is 37.4 Å². The standard InChI is InChI=1S/C25H22N6O2/c1-15-29-21-11-19(32-2)4-5-20(21)25(30-15)31-7-8-33-23-6-3-16(9-18(23)13-31)17-10-22-24(26-12-17)28-14-27-22/h3-6,9-12,14H,7-8,13H2,1-2H3,(H,26,27,28). The number of methoxy groups -OCH3 is 1. The third-order valence-electron chi connectivity index (χ3n) is 5.94. The molecular weight excluding hydrogens is 416 g/mol. The molecule has 8 nitrogen and oxygen atoms in total. The van der Waals surface area contributed by atoms with Crippen LogP contribution in [0.3, 0.4) is 0 Å². The highest BCUT2D eigenvalue weighted by molar-refractivity contribution is 5.90. The van der Waals surface area contributed by atoms with Crippen LogP contribution in [0.25, 0.3) is 33.2 Å². The van der Waals surface area contributed by atoms with E-state index < -0.39 is 0 Å². The van der Waals surface area contributed by atoms with Crippen LogP contribution in [0.4, 0.5) is 5.82 Å². The molecule has 0 aliphatic carbocycles. The summed E-state index contributed by atoms with van der Waals surface area (Å²) in [6, 6.07) is 14.3. The molecule has 0 bridgehead atoms. The Kier molecular flexibility index (Phi) is 4.57. The molecule has 0 saturated carbocycles. The molecule has 0 fully saturated rings. The Morgan fingerprint density at radius 3 is 2.88 bits per heavy atom. The van der Waals surface area contributed by atoms with Crippen LogP contribution in [-0.4, -0.2) is 45.2 Å². The maximum Gasteiger partial charge on any atom is 0.177 e. The van der Waals surface area contributed by atoms with Crippen LogP contribution in [0.1, 0.15) is 11.4 Å². The molecule has 1 aliphatic heterocycles. The zero-order valence-electron chi connectivity index (χ0n) is 18.4. The van der Waals surface area contributed by atoms with Gasteiger partial charge >= 0.3 is 0 Å². The van der Waals surface area contributed by atoms with E-state index in [1.54, 1.807) is 13.4 Å². The Hall–Kier alpha value is -4.20. The summed E-state index contributed by atoms with van der Waals surface area (Å²) in [4.78, 5) is 23.5. The van der Waals surface area contributed by atoms with Gasteiger partial charge in [0.15, 0.2) is 5.65 Å². The van der Waals surface area contributed by atoms with Crippen LogP contribution >= 0.6 is 0 Å². The summed E-state index contributed by atoms with van der Waals surface area (Å²) in [5.41, 5.74) is 5.71. The molecule has 4 heterocycles. The highest BCUT2D eigenvalue weighted by Crippen LogP contribution is 2.33. The molecule has 0 atom stereocenters. The van der Waals surface area contributed by atoms with Crippen molar-refractivity contribution in [1.82, 2.24) is 24.9 Å². The van der Waals surface area contributed by atoms with Crippen LogP contribution in [0.2, 0.25) is 0 Å². The van der Waals surface area contributed by atoms with E-state index in [4.69, 9.17) is 14.5 Å². The number of aryl methyl sites for hydroxylation is 1. The van der Waals surface area contributed by atoms with Gasteiger partial charge in [-0.25, -0.2) is 19.9 Å². The van der Waals surface area contributed by atoms with Gasteiger partial charge in [-0.15, -0.1) is 0 Å². The van der Waals surface area contributed by atoms with Crippen molar-refractivity contribution in [3.8, 4) is 22.6 Å². The summed E-state index contributed by atoms with van der Waals surface area (Å²) < 4.78 is 11.5. The van der Waals surface area contributed by atoms with Gasteiger partial charge in [-0.05, 0) is 42.8 Å². The average molecular weight is 438 g/mol. The Labute approximate surface area is 190 Å². The summed E-state index contributed by atoms with van der Waals surface area (Å²) in [6.45, 7) is 3.90. The summed E-state index contributed by atoms with van der Waals surface area (Å²) >= 11 is 0. The number of anilines is 1. The van der Waals surface area contributed by atoms with E-state index in [0.717, 1.165) is 62.8 Å². The zero-order chi connectivity index (χ0) is 22.4. The van der Waals surface area contributed by atoms with Gasteiger partial charge in [-0.2, -0.15) is 0 Å². The van der Waals surface area contributed by atoms with Crippen LogP contribution in [-0.2, 0) is 6.54 Å². The Bertz CT molecular complexity index is 1500. The molecule has 1 N–H and O–H groups in total. The monoisotopic (exact) mass is 438 g/mol. The fourth-order valence-corrected chi connectivity index (χ4v) is 4.32. The summed E-state index contributed by atoms with van der Waals surface area (Å²) in [5.74, 6) is 3.31. The van der Waals surface area contributed by atoms with E-state index >= 15 is 0 Å². The number of hydrogen-bond donors (Lipinski definition) is 1. The van der Waals surface area contributed by atoms with Gasteiger partial charge in [0.05, 0.1) is 31.0 Å². The lowest BCUT2D eigenvalue weighted by Crippen LogP contribution is -2.26. The Morgan fingerprint density at radius 2 is 1.97 bits per heavy atom. The molecule has 6 rings (SSSR count). The predicted molar refractivity (Wildman–Crippen MR) is 127 cm³/mol. The van der Waals surface area contributed by atoms with Crippen molar-refractivity contribution in [3.63, 3.8) is 0 Å². The highest BCUT2D eigenvalue weighted by Gasteiger charge is 2.20. The maximum absolute atomic E-state index is 6.09. The Balaban J connectivity index is 1.40. The molecule has 8 heteroatoms. The number of hydrogen-bond acceptors (Lipinski definition) is 7. The van der Waals surface area contributed by atoms with Gasteiger partial charge in [-0.1, -0.05) is 6.07 Å². The van der Waals surface area contributed by atoms with Crippen molar-refractivity contribution in [2.45, 2.75) is 13.5 Å². The molecule has 1 aliphatic rings. The van der Waals surface area contributed by atoms with Gasteiger partial charge in [-0.3, -0.25) is 0 Å². The molecule has 2 aromatic carbocycles. The van der Waals surface area contributed by atoms with Gasteiger partial charge in [0.2, 0.25) is 0 Å². The summed E-state index contributed by atoms with van der Waals surface area (Å²) in [7, 11) is 1.66. The molecule has 5 aromatic rings. The van der Waals surface area contributed by atoms with Crippen molar-refractivity contribution >= 4 is 27.9 Å². The molecule has 0 unspecified atom stereocenters. The maximum atomic E-state index is 6.09. The third kappa shape index (κ3) is 3.49. The SMILES string of the molecule is COc1ccc2c(N3CCOc4ccc(-c5cnc6nc[nH]c6c5)cc4C3)nc(C)nc2c1. The molecule has 0 amide bonds. The largest absolute Gasteiger partial charge is 0.497 e. The number of pyridine rings is 1. The quantitative estimate of drug-likeness (QED) is 0.450. The number of benzene rings is 2.